The molecule has 0 atom stereocenters. The normalized spacial score (nSPS) is 23.6. The zero-order valence-corrected chi connectivity index (χ0v) is 18.5. The molecule has 2 N–H and O–H groups in total. The van der Waals surface area contributed by atoms with Crippen LogP contribution < -0.4 is 15.4 Å². The van der Waals surface area contributed by atoms with E-state index in [1.165, 1.54) is 5.56 Å². The highest BCUT2D eigenvalue weighted by Crippen LogP contribution is 2.36. The van der Waals surface area contributed by atoms with E-state index in [9.17, 15) is 14.4 Å². The number of hydrogen-bond acceptors (Lipinski definition) is 4. The van der Waals surface area contributed by atoms with E-state index in [2.05, 4.69) is 30.5 Å². The van der Waals surface area contributed by atoms with Gasteiger partial charge in [-0.25, -0.2) is 4.79 Å². The van der Waals surface area contributed by atoms with Gasteiger partial charge < -0.3 is 15.4 Å². The quantitative estimate of drug-likeness (QED) is 0.529. The first-order chi connectivity index (χ1) is 14.2. The Hall–Kier alpha value is -2.57. The van der Waals surface area contributed by atoms with Gasteiger partial charge in [0.1, 0.15) is 17.8 Å². The molecule has 0 radical (unpaired) electrons. The summed E-state index contributed by atoms with van der Waals surface area (Å²) >= 11 is 0. The minimum Gasteiger partial charge on any atom is -0.493 e. The average molecular weight is 416 g/mol. The molecule has 1 aromatic carbocycles. The number of nitrogens with one attached hydrogen (secondary N) is 2. The highest BCUT2D eigenvalue weighted by molar-refractivity contribution is 6.09. The zero-order chi connectivity index (χ0) is 21.9. The van der Waals surface area contributed by atoms with Crippen molar-refractivity contribution >= 4 is 17.8 Å². The summed E-state index contributed by atoms with van der Waals surface area (Å²) in [5.74, 6) is 0.836. The molecule has 7 nitrogen and oxygen atoms in total. The molecule has 0 bridgehead atoms. The topological polar surface area (TPSA) is 87.7 Å². The Morgan fingerprint density at radius 2 is 1.93 bits per heavy atom. The molecule has 30 heavy (non-hydrogen) atoms. The number of carbonyl (C=O) groups excluding carboxylic acids is 3. The number of carbonyl (C=O) groups is 3. The Morgan fingerprint density at radius 3 is 2.63 bits per heavy atom. The number of ether oxygens (including phenoxy) is 1. The van der Waals surface area contributed by atoms with Crippen LogP contribution in [0.4, 0.5) is 4.79 Å². The molecule has 3 rings (SSSR count). The molecule has 1 aliphatic carbocycles. The zero-order valence-electron chi connectivity index (χ0n) is 18.5. The molecule has 1 aliphatic heterocycles. The second-order valence-electron chi connectivity index (χ2n) is 8.84. The number of urea groups is 1. The lowest BCUT2D eigenvalue weighted by Gasteiger charge is -2.33. The molecular weight excluding hydrogens is 382 g/mol. The lowest BCUT2D eigenvalue weighted by Crippen LogP contribution is -2.49. The minimum atomic E-state index is -0.804. The van der Waals surface area contributed by atoms with Gasteiger partial charge in [0.05, 0.1) is 6.61 Å². The monoisotopic (exact) mass is 415 g/mol. The van der Waals surface area contributed by atoms with Crippen molar-refractivity contribution in [2.75, 3.05) is 19.7 Å². The van der Waals surface area contributed by atoms with E-state index in [0.29, 0.717) is 38.3 Å². The molecule has 1 aromatic rings. The Labute approximate surface area is 178 Å². The van der Waals surface area contributed by atoms with Crippen LogP contribution in [0.15, 0.2) is 12.1 Å². The molecule has 164 valence electrons. The molecule has 0 aromatic heterocycles. The summed E-state index contributed by atoms with van der Waals surface area (Å²) in [4.78, 5) is 38.4. The predicted molar refractivity (Wildman–Crippen MR) is 114 cm³/mol. The van der Waals surface area contributed by atoms with E-state index in [4.69, 9.17) is 4.74 Å². The number of benzene rings is 1. The van der Waals surface area contributed by atoms with Crippen molar-refractivity contribution in [2.24, 2.45) is 5.92 Å². The first-order valence-corrected chi connectivity index (χ1v) is 10.8. The van der Waals surface area contributed by atoms with Gasteiger partial charge in [-0.15, -0.1) is 0 Å². The van der Waals surface area contributed by atoms with Crippen LogP contribution in [0, 0.1) is 26.7 Å². The number of aryl methyl sites for hydroxylation is 2. The predicted octanol–water partition coefficient (Wildman–Crippen LogP) is 3.00. The van der Waals surface area contributed by atoms with Crippen molar-refractivity contribution in [1.82, 2.24) is 15.5 Å². The van der Waals surface area contributed by atoms with Crippen LogP contribution in [0.25, 0.3) is 0 Å². The van der Waals surface area contributed by atoms with Gasteiger partial charge in [0.2, 0.25) is 5.91 Å². The Bertz CT molecular complexity index is 828. The summed E-state index contributed by atoms with van der Waals surface area (Å²) in [6, 6.07) is 3.68. The molecule has 7 heteroatoms. The van der Waals surface area contributed by atoms with Crippen molar-refractivity contribution in [2.45, 2.75) is 65.3 Å². The fourth-order valence-corrected chi connectivity index (χ4v) is 4.25. The summed E-state index contributed by atoms with van der Waals surface area (Å²) in [5, 5.41) is 5.62. The molecule has 4 amide bonds. The van der Waals surface area contributed by atoms with Crippen molar-refractivity contribution in [1.29, 1.82) is 0 Å². The first kappa shape index (κ1) is 22.1. The largest absolute Gasteiger partial charge is 0.493 e. The van der Waals surface area contributed by atoms with E-state index >= 15 is 0 Å². The van der Waals surface area contributed by atoms with Crippen LogP contribution in [-0.4, -0.2) is 48.0 Å². The van der Waals surface area contributed by atoms with Crippen LogP contribution in [0.1, 0.15) is 55.7 Å². The summed E-state index contributed by atoms with van der Waals surface area (Å²) in [6.45, 7) is 8.95. The third-order valence-corrected chi connectivity index (χ3v) is 6.34. The molecule has 2 fully saturated rings. The number of amides is 4. The summed E-state index contributed by atoms with van der Waals surface area (Å²) in [5.41, 5.74) is 2.66. The Morgan fingerprint density at radius 1 is 1.23 bits per heavy atom. The molecule has 1 spiro atoms. The van der Waals surface area contributed by atoms with Crippen molar-refractivity contribution in [3.63, 3.8) is 0 Å². The lowest BCUT2D eigenvalue weighted by atomic mass is 9.77. The van der Waals surface area contributed by atoms with Crippen molar-refractivity contribution in [3.8, 4) is 5.75 Å². The standard InChI is InChI=1S/C23H33N3O4/c1-15-6-8-23(9-7-15)21(28)26(22(29)25-23)14-20(27)24-10-5-11-30-19-13-16(2)12-17(3)18(19)4/h12-13,15H,5-11,14H2,1-4H3,(H,24,27)(H,25,29). The minimum absolute atomic E-state index is 0.237. The van der Waals surface area contributed by atoms with Crippen LogP contribution in [-0.2, 0) is 9.59 Å². The average Bonchev–Trinajstić information content (AvgIpc) is 2.92. The molecule has 2 aliphatic rings. The van der Waals surface area contributed by atoms with Gasteiger partial charge in [0, 0.05) is 6.54 Å². The highest BCUT2D eigenvalue weighted by Gasteiger charge is 2.52. The lowest BCUT2D eigenvalue weighted by molar-refractivity contribution is -0.136. The SMILES string of the molecule is Cc1cc(C)c(C)c(OCCCNC(=O)CN2C(=O)NC3(CCC(C)CC3)C2=O)c1. The van der Waals surface area contributed by atoms with Crippen molar-refractivity contribution < 1.29 is 19.1 Å². The number of rotatable bonds is 7. The maximum absolute atomic E-state index is 12.8. The smallest absolute Gasteiger partial charge is 0.325 e. The van der Waals surface area contributed by atoms with Crippen LogP contribution in [0.2, 0.25) is 0 Å². The number of nitrogens with zero attached hydrogens (tertiary/aromatic N) is 1. The summed E-state index contributed by atoms with van der Waals surface area (Å²) in [6.07, 6.45) is 3.75. The van der Waals surface area contributed by atoms with E-state index < -0.39 is 11.6 Å². The van der Waals surface area contributed by atoms with Crippen molar-refractivity contribution in [3.05, 3.63) is 28.8 Å². The third-order valence-electron chi connectivity index (χ3n) is 6.34. The maximum Gasteiger partial charge on any atom is 0.325 e. The molecule has 1 saturated carbocycles. The van der Waals surface area contributed by atoms with Crippen LogP contribution in [0.5, 0.6) is 5.75 Å². The molecule has 1 saturated heterocycles. The van der Waals surface area contributed by atoms with Gasteiger partial charge in [0.25, 0.3) is 5.91 Å². The fourth-order valence-electron chi connectivity index (χ4n) is 4.25. The first-order valence-electron chi connectivity index (χ1n) is 10.8. The number of hydrogen-bond donors (Lipinski definition) is 2. The summed E-state index contributed by atoms with van der Waals surface area (Å²) < 4.78 is 5.85. The maximum atomic E-state index is 12.8. The molecule has 0 unspecified atom stereocenters. The molecular formula is C23H33N3O4. The Balaban J connectivity index is 1.42. The second-order valence-corrected chi connectivity index (χ2v) is 8.84. The van der Waals surface area contributed by atoms with Gasteiger partial charge in [-0.05, 0) is 81.5 Å². The van der Waals surface area contributed by atoms with Gasteiger partial charge in [-0.2, -0.15) is 0 Å². The van der Waals surface area contributed by atoms with Gasteiger partial charge in [0.15, 0.2) is 0 Å². The second kappa shape index (κ2) is 9.06. The van der Waals surface area contributed by atoms with Gasteiger partial charge in [-0.1, -0.05) is 13.0 Å². The summed E-state index contributed by atoms with van der Waals surface area (Å²) in [7, 11) is 0. The van der Waals surface area contributed by atoms with Gasteiger partial charge >= 0.3 is 6.03 Å². The highest BCUT2D eigenvalue weighted by atomic mass is 16.5. The van der Waals surface area contributed by atoms with Gasteiger partial charge in [-0.3, -0.25) is 14.5 Å². The fraction of sp³-hybridized carbons (Fsp3) is 0.609. The Kier molecular flexibility index (Phi) is 6.68. The molecule has 1 heterocycles. The third kappa shape index (κ3) is 4.77. The number of imide groups is 1. The van der Waals surface area contributed by atoms with E-state index in [0.717, 1.165) is 34.6 Å². The van der Waals surface area contributed by atoms with E-state index in [1.807, 2.05) is 19.9 Å². The van der Waals surface area contributed by atoms with E-state index in [-0.39, 0.29) is 18.4 Å². The van der Waals surface area contributed by atoms with E-state index in [1.54, 1.807) is 0 Å². The van der Waals surface area contributed by atoms with Crippen LogP contribution >= 0.6 is 0 Å². The van der Waals surface area contributed by atoms with Crippen LogP contribution in [0.3, 0.4) is 0 Å².